The maximum absolute atomic E-state index is 12.0. The van der Waals surface area contributed by atoms with Gasteiger partial charge in [-0.15, -0.1) is 0 Å². The molecule has 3 rings (SSSR count). The number of anilines is 1. The van der Waals surface area contributed by atoms with Crippen molar-refractivity contribution in [2.24, 2.45) is 0 Å². The van der Waals surface area contributed by atoms with Gasteiger partial charge in [0.2, 0.25) is 11.8 Å². The minimum absolute atomic E-state index is 0.0614. The quantitative estimate of drug-likeness (QED) is 0.785. The second kappa shape index (κ2) is 6.68. The molecule has 0 aliphatic carbocycles. The largest absolute Gasteiger partial charge is 0.402 e. The molecule has 0 atom stereocenters. The lowest BCUT2D eigenvalue weighted by atomic mass is 10.2. The molecule has 1 amide bonds. The second-order valence-corrected chi connectivity index (χ2v) is 5.53. The molecule has 0 radical (unpaired) electrons. The van der Waals surface area contributed by atoms with Gasteiger partial charge >= 0.3 is 5.63 Å². The number of rotatable bonds is 3. The average molecular weight is 341 g/mol. The summed E-state index contributed by atoms with van der Waals surface area (Å²) in [6.07, 6.45) is 1.64. The third-order valence-corrected chi connectivity index (χ3v) is 3.53. The van der Waals surface area contributed by atoms with Crippen molar-refractivity contribution >= 4 is 45.2 Å². The van der Waals surface area contributed by atoms with Crippen LogP contribution in [0, 0.1) is 0 Å². The van der Waals surface area contributed by atoms with Crippen molar-refractivity contribution < 1.29 is 9.21 Å². The van der Waals surface area contributed by atoms with Gasteiger partial charge in [0.15, 0.2) is 0 Å². The molecular weight excluding hydrogens is 328 g/mol. The third kappa shape index (κ3) is 3.52. The van der Waals surface area contributed by atoms with Gasteiger partial charge in [0.05, 0.1) is 10.9 Å². The van der Waals surface area contributed by atoms with Gasteiger partial charge in [-0.2, -0.15) is 0 Å². The van der Waals surface area contributed by atoms with Crippen molar-refractivity contribution in [2.45, 2.75) is 6.92 Å². The van der Waals surface area contributed by atoms with Gasteiger partial charge in [-0.05, 0) is 35.9 Å². The van der Waals surface area contributed by atoms with Gasteiger partial charge in [0.25, 0.3) is 0 Å². The fourth-order valence-corrected chi connectivity index (χ4v) is 2.40. The van der Waals surface area contributed by atoms with Crippen molar-refractivity contribution in [2.75, 3.05) is 5.32 Å². The summed E-state index contributed by atoms with van der Waals surface area (Å²) in [5, 5.41) is 3.30. The Morgan fingerprint density at radius 3 is 2.58 bits per heavy atom. The number of carbonyl (C=O) groups is 1. The summed E-state index contributed by atoms with van der Waals surface area (Å²) in [7, 11) is 0. The monoisotopic (exact) mass is 340 g/mol. The number of para-hydroxylation sites is 1. The molecule has 0 aliphatic heterocycles. The maximum Gasteiger partial charge on any atom is 0.347 e. The van der Waals surface area contributed by atoms with E-state index in [0.717, 1.165) is 5.56 Å². The summed E-state index contributed by atoms with van der Waals surface area (Å²) in [6.45, 7) is 1.44. The van der Waals surface area contributed by atoms with Crippen molar-refractivity contribution in [1.82, 2.24) is 4.98 Å². The third-order valence-electron chi connectivity index (χ3n) is 3.26. The van der Waals surface area contributed by atoms with E-state index >= 15 is 0 Å². The molecule has 2 aromatic carbocycles. The standard InChI is InChI=1S/C18H13ClN2O3/c1-11(22)20-13-8-6-12(7-9-13)10-15(19)17-21-16-5-3-2-4-14(16)18(23)24-17/h2-10H,1H3,(H,20,22)/b15-10-. The molecule has 120 valence electrons. The molecule has 0 fully saturated rings. The van der Waals surface area contributed by atoms with Crippen LogP contribution in [0.3, 0.4) is 0 Å². The van der Waals surface area contributed by atoms with Crippen LogP contribution in [-0.4, -0.2) is 10.9 Å². The molecule has 1 aromatic heterocycles. The lowest BCUT2D eigenvalue weighted by Gasteiger charge is -2.03. The number of amides is 1. The number of hydrogen-bond acceptors (Lipinski definition) is 4. The normalized spacial score (nSPS) is 11.5. The summed E-state index contributed by atoms with van der Waals surface area (Å²) < 4.78 is 5.18. The number of nitrogens with zero attached hydrogens (tertiary/aromatic N) is 1. The highest BCUT2D eigenvalue weighted by molar-refractivity contribution is 6.50. The van der Waals surface area contributed by atoms with Crippen LogP contribution in [0.15, 0.2) is 57.7 Å². The van der Waals surface area contributed by atoms with E-state index in [2.05, 4.69) is 10.3 Å². The fraction of sp³-hybridized carbons (Fsp3) is 0.0556. The Bertz CT molecular complexity index is 991. The molecule has 0 spiro atoms. The van der Waals surface area contributed by atoms with Crippen LogP contribution in [0.5, 0.6) is 0 Å². The Morgan fingerprint density at radius 2 is 1.88 bits per heavy atom. The molecule has 24 heavy (non-hydrogen) atoms. The predicted octanol–water partition coefficient (Wildman–Crippen LogP) is 3.88. The number of fused-ring (bicyclic) bond motifs is 1. The molecule has 0 saturated carbocycles. The van der Waals surface area contributed by atoms with Gasteiger partial charge in [-0.1, -0.05) is 35.9 Å². The number of nitrogens with one attached hydrogen (secondary N) is 1. The van der Waals surface area contributed by atoms with Crippen LogP contribution in [-0.2, 0) is 4.79 Å². The van der Waals surface area contributed by atoms with Crippen LogP contribution in [0.1, 0.15) is 18.4 Å². The van der Waals surface area contributed by atoms with Crippen molar-refractivity contribution in [3.05, 3.63) is 70.4 Å². The number of hydrogen-bond donors (Lipinski definition) is 1. The Labute approximate surface area is 142 Å². The van der Waals surface area contributed by atoms with E-state index in [-0.39, 0.29) is 16.8 Å². The minimum Gasteiger partial charge on any atom is -0.402 e. The molecule has 1 heterocycles. The van der Waals surface area contributed by atoms with Crippen molar-refractivity contribution in [3.63, 3.8) is 0 Å². The zero-order valence-corrected chi connectivity index (χ0v) is 13.5. The lowest BCUT2D eigenvalue weighted by molar-refractivity contribution is -0.114. The number of benzene rings is 2. The van der Waals surface area contributed by atoms with E-state index in [0.29, 0.717) is 16.6 Å². The number of halogens is 1. The van der Waals surface area contributed by atoms with E-state index in [9.17, 15) is 9.59 Å². The van der Waals surface area contributed by atoms with Crippen molar-refractivity contribution in [3.8, 4) is 0 Å². The molecule has 1 N–H and O–H groups in total. The predicted molar refractivity (Wildman–Crippen MR) is 94.7 cm³/mol. The van der Waals surface area contributed by atoms with Crippen LogP contribution in [0.25, 0.3) is 22.0 Å². The first-order valence-electron chi connectivity index (χ1n) is 7.18. The van der Waals surface area contributed by atoms with Crippen LogP contribution >= 0.6 is 11.6 Å². The van der Waals surface area contributed by atoms with E-state index in [1.165, 1.54) is 6.92 Å². The molecular formula is C18H13ClN2O3. The van der Waals surface area contributed by atoms with Gasteiger partial charge in [-0.25, -0.2) is 9.78 Å². The Balaban J connectivity index is 1.93. The summed E-state index contributed by atoms with van der Waals surface area (Å²) in [5.41, 5.74) is 1.51. The van der Waals surface area contributed by atoms with E-state index in [1.807, 2.05) is 0 Å². The molecule has 3 aromatic rings. The summed E-state index contributed by atoms with van der Waals surface area (Å²) in [4.78, 5) is 27.2. The van der Waals surface area contributed by atoms with Crippen molar-refractivity contribution in [1.29, 1.82) is 0 Å². The van der Waals surface area contributed by atoms with E-state index in [4.69, 9.17) is 16.0 Å². The molecule has 0 aliphatic rings. The van der Waals surface area contributed by atoms with Gasteiger partial charge in [0.1, 0.15) is 5.03 Å². The summed E-state index contributed by atoms with van der Waals surface area (Å²) in [5.74, 6) is -0.0789. The Kier molecular flexibility index (Phi) is 4.44. The van der Waals surface area contributed by atoms with Gasteiger partial charge in [-0.3, -0.25) is 4.79 Å². The second-order valence-electron chi connectivity index (χ2n) is 5.12. The fourth-order valence-electron chi connectivity index (χ4n) is 2.19. The van der Waals surface area contributed by atoms with E-state index in [1.54, 1.807) is 54.6 Å². The smallest absolute Gasteiger partial charge is 0.347 e. The number of carbonyl (C=O) groups excluding carboxylic acids is 1. The zero-order chi connectivity index (χ0) is 17.1. The average Bonchev–Trinajstić information content (AvgIpc) is 2.56. The van der Waals surface area contributed by atoms with E-state index < -0.39 is 5.63 Å². The molecule has 0 saturated heterocycles. The Hall–Kier alpha value is -2.92. The zero-order valence-electron chi connectivity index (χ0n) is 12.7. The van der Waals surface area contributed by atoms with Crippen LogP contribution < -0.4 is 10.9 Å². The SMILES string of the molecule is CC(=O)Nc1ccc(/C=C(\Cl)c2nc3ccccc3c(=O)o2)cc1. The minimum atomic E-state index is -0.483. The molecule has 6 heteroatoms. The molecule has 0 bridgehead atoms. The first-order chi connectivity index (χ1) is 11.5. The molecule has 5 nitrogen and oxygen atoms in total. The van der Waals surface area contributed by atoms with Crippen LogP contribution in [0.4, 0.5) is 5.69 Å². The summed E-state index contributed by atoms with van der Waals surface area (Å²) >= 11 is 6.23. The topological polar surface area (TPSA) is 72.2 Å². The first kappa shape index (κ1) is 16.0. The summed E-state index contributed by atoms with van der Waals surface area (Å²) in [6, 6.07) is 14.0. The highest BCUT2D eigenvalue weighted by atomic mass is 35.5. The van der Waals surface area contributed by atoms with Crippen LogP contribution in [0.2, 0.25) is 0 Å². The highest BCUT2D eigenvalue weighted by Gasteiger charge is 2.09. The maximum atomic E-state index is 12.0. The number of aromatic nitrogens is 1. The highest BCUT2D eigenvalue weighted by Crippen LogP contribution is 2.22. The first-order valence-corrected chi connectivity index (χ1v) is 7.56. The lowest BCUT2D eigenvalue weighted by Crippen LogP contribution is -2.05. The van der Waals surface area contributed by atoms with Gasteiger partial charge in [0, 0.05) is 12.6 Å². The Morgan fingerprint density at radius 1 is 1.17 bits per heavy atom. The molecule has 0 unspecified atom stereocenters. The van der Waals surface area contributed by atoms with Gasteiger partial charge < -0.3 is 9.73 Å².